The summed E-state index contributed by atoms with van der Waals surface area (Å²) in [7, 11) is 1.58. The molecule has 0 atom stereocenters. The lowest BCUT2D eigenvalue weighted by atomic mass is 10.2. The van der Waals surface area contributed by atoms with Gasteiger partial charge in [-0.1, -0.05) is 6.92 Å². The van der Waals surface area contributed by atoms with Crippen molar-refractivity contribution in [3.63, 3.8) is 0 Å². The molecule has 1 aromatic carbocycles. The van der Waals surface area contributed by atoms with Crippen LogP contribution in [-0.2, 0) is 9.59 Å². The topological polar surface area (TPSA) is 64.6 Å². The fraction of sp³-hybridized carbons (Fsp3) is 0.286. The number of esters is 1. The lowest BCUT2D eigenvalue weighted by Crippen LogP contribution is -2.09. The summed E-state index contributed by atoms with van der Waals surface area (Å²) in [5.41, 5.74) is 0. The predicted molar refractivity (Wildman–Crippen MR) is 78.6 cm³/mol. The van der Waals surface area contributed by atoms with Crippen molar-refractivity contribution in [1.29, 1.82) is 0 Å². The quantitative estimate of drug-likeness (QED) is 0.879. The first kappa shape index (κ1) is 14.3. The standard InChI is InChI=1S/C14H15NO4S/c1-4-12(17)19-13-10-6-5-9(18-3)7-11(10)20-14(13)15-8(2)16/h5-7H,4H2,1-3H3,(H,15,16). The minimum absolute atomic E-state index is 0.211. The Bertz CT molecular complexity index is 662. The van der Waals surface area contributed by atoms with Gasteiger partial charge in [0.2, 0.25) is 5.91 Å². The van der Waals surface area contributed by atoms with E-state index in [1.54, 1.807) is 20.1 Å². The number of thiophene rings is 1. The molecule has 0 aliphatic carbocycles. The van der Waals surface area contributed by atoms with E-state index in [0.29, 0.717) is 16.5 Å². The zero-order chi connectivity index (χ0) is 14.7. The smallest absolute Gasteiger partial charge is 0.311 e. The average Bonchev–Trinajstić information content (AvgIpc) is 2.74. The highest BCUT2D eigenvalue weighted by Gasteiger charge is 2.17. The number of carbonyl (C=O) groups excluding carboxylic acids is 2. The number of nitrogens with one attached hydrogen (secondary N) is 1. The van der Waals surface area contributed by atoms with Crippen LogP contribution in [0.2, 0.25) is 0 Å². The summed E-state index contributed by atoms with van der Waals surface area (Å²) in [5.74, 6) is 0.556. The highest BCUT2D eigenvalue weighted by Crippen LogP contribution is 2.43. The minimum Gasteiger partial charge on any atom is -0.497 e. The van der Waals surface area contributed by atoms with Crippen LogP contribution >= 0.6 is 11.3 Å². The van der Waals surface area contributed by atoms with Crippen LogP contribution in [0.1, 0.15) is 20.3 Å². The van der Waals surface area contributed by atoms with Crippen LogP contribution in [0.4, 0.5) is 5.00 Å². The summed E-state index contributed by atoms with van der Waals surface area (Å²) in [4.78, 5) is 22.8. The lowest BCUT2D eigenvalue weighted by Gasteiger charge is -2.05. The average molecular weight is 293 g/mol. The van der Waals surface area contributed by atoms with E-state index < -0.39 is 0 Å². The summed E-state index contributed by atoms with van der Waals surface area (Å²) in [6.45, 7) is 3.13. The zero-order valence-electron chi connectivity index (χ0n) is 11.5. The number of fused-ring (bicyclic) bond motifs is 1. The van der Waals surface area contributed by atoms with E-state index in [4.69, 9.17) is 9.47 Å². The Balaban J connectivity index is 2.53. The fourth-order valence-electron chi connectivity index (χ4n) is 1.71. The van der Waals surface area contributed by atoms with Crippen LogP contribution in [-0.4, -0.2) is 19.0 Å². The van der Waals surface area contributed by atoms with E-state index in [1.165, 1.54) is 18.3 Å². The summed E-state index contributed by atoms with van der Waals surface area (Å²) in [6.07, 6.45) is 0.271. The maximum absolute atomic E-state index is 11.5. The van der Waals surface area contributed by atoms with Gasteiger partial charge < -0.3 is 14.8 Å². The minimum atomic E-state index is -0.341. The monoisotopic (exact) mass is 293 g/mol. The first-order chi connectivity index (χ1) is 9.55. The molecule has 1 N–H and O–H groups in total. The third-order valence-electron chi connectivity index (χ3n) is 2.65. The van der Waals surface area contributed by atoms with Crippen molar-refractivity contribution in [3.8, 4) is 11.5 Å². The Kier molecular flexibility index (Phi) is 4.24. The van der Waals surface area contributed by atoms with Crippen LogP contribution < -0.4 is 14.8 Å². The van der Waals surface area contributed by atoms with Crippen molar-refractivity contribution >= 4 is 38.3 Å². The molecule has 0 saturated carbocycles. The molecular formula is C14H15NO4S. The molecule has 1 heterocycles. The third kappa shape index (κ3) is 2.91. The van der Waals surface area contributed by atoms with Gasteiger partial charge in [-0.2, -0.15) is 0 Å². The second-order valence-corrected chi connectivity index (χ2v) is 5.18. The van der Waals surface area contributed by atoms with Crippen molar-refractivity contribution in [2.45, 2.75) is 20.3 Å². The van der Waals surface area contributed by atoms with Crippen LogP contribution in [0.5, 0.6) is 11.5 Å². The van der Waals surface area contributed by atoms with E-state index in [1.807, 2.05) is 12.1 Å². The Labute approximate surface area is 120 Å². The highest BCUT2D eigenvalue weighted by atomic mass is 32.1. The van der Waals surface area contributed by atoms with Crippen LogP contribution in [0, 0.1) is 0 Å². The highest BCUT2D eigenvalue weighted by molar-refractivity contribution is 7.23. The van der Waals surface area contributed by atoms with E-state index in [2.05, 4.69) is 5.32 Å². The van der Waals surface area contributed by atoms with Gasteiger partial charge in [-0.15, -0.1) is 11.3 Å². The molecule has 0 aliphatic heterocycles. The molecule has 0 radical (unpaired) electrons. The van der Waals surface area contributed by atoms with Gasteiger partial charge in [-0.05, 0) is 18.2 Å². The molecule has 0 spiro atoms. The molecule has 5 nitrogen and oxygen atoms in total. The Morgan fingerprint density at radius 3 is 2.70 bits per heavy atom. The van der Waals surface area contributed by atoms with E-state index in [-0.39, 0.29) is 18.3 Å². The van der Waals surface area contributed by atoms with Gasteiger partial charge in [-0.25, -0.2) is 0 Å². The molecule has 106 valence electrons. The molecule has 2 rings (SSSR count). The molecule has 0 fully saturated rings. The van der Waals surface area contributed by atoms with Crippen molar-refractivity contribution in [1.82, 2.24) is 0 Å². The molecule has 0 unspecified atom stereocenters. The number of carbonyl (C=O) groups is 2. The van der Waals surface area contributed by atoms with Crippen LogP contribution in [0.3, 0.4) is 0 Å². The molecule has 0 aliphatic rings. The number of methoxy groups -OCH3 is 1. The number of ether oxygens (including phenoxy) is 2. The number of anilines is 1. The summed E-state index contributed by atoms with van der Waals surface area (Å²) < 4.78 is 11.4. The molecule has 20 heavy (non-hydrogen) atoms. The second-order valence-electron chi connectivity index (χ2n) is 4.13. The maximum Gasteiger partial charge on any atom is 0.311 e. The Morgan fingerprint density at radius 1 is 1.35 bits per heavy atom. The zero-order valence-corrected chi connectivity index (χ0v) is 12.3. The first-order valence-corrected chi connectivity index (χ1v) is 6.95. The van der Waals surface area contributed by atoms with Gasteiger partial charge in [0.05, 0.1) is 7.11 Å². The van der Waals surface area contributed by atoms with Crippen molar-refractivity contribution < 1.29 is 19.1 Å². The van der Waals surface area contributed by atoms with E-state index >= 15 is 0 Å². The summed E-state index contributed by atoms with van der Waals surface area (Å²) in [5, 5.41) is 4.00. The van der Waals surface area contributed by atoms with Gasteiger partial charge in [0.15, 0.2) is 5.75 Å². The van der Waals surface area contributed by atoms with Gasteiger partial charge >= 0.3 is 5.97 Å². The number of hydrogen-bond acceptors (Lipinski definition) is 5. The third-order valence-corrected chi connectivity index (χ3v) is 3.70. The Hall–Kier alpha value is -2.08. The van der Waals surface area contributed by atoms with Crippen LogP contribution in [0.15, 0.2) is 18.2 Å². The summed E-state index contributed by atoms with van der Waals surface area (Å²) in [6, 6.07) is 5.44. The van der Waals surface area contributed by atoms with Gasteiger partial charge in [0.25, 0.3) is 0 Å². The van der Waals surface area contributed by atoms with Crippen molar-refractivity contribution in [2.75, 3.05) is 12.4 Å². The predicted octanol–water partition coefficient (Wildman–Crippen LogP) is 3.18. The largest absolute Gasteiger partial charge is 0.497 e. The number of benzene rings is 1. The molecule has 0 saturated heterocycles. The van der Waals surface area contributed by atoms with Crippen LogP contribution in [0.25, 0.3) is 10.1 Å². The molecular weight excluding hydrogens is 278 g/mol. The number of amides is 1. The fourth-order valence-corrected chi connectivity index (χ4v) is 2.81. The Morgan fingerprint density at radius 2 is 2.10 bits per heavy atom. The second kappa shape index (κ2) is 5.92. The molecule has 1 aromatic heterocycles. The van der Waals surface area contributed by atoms with Crippen molar-refractivity contribution in [3.05, 3.63) is 18.2 Å². The lowest BCUT2D eigenvalue weighted by molar-refractivity contribution is -0.133. The number of hydrogen-bond donors (Lipinski definition) is 1. The SMILES string of the molecule is CCC(=O)Oc1c(NC(C)=O)sc2cc(OC)ccc12. The summed E-state index contributed by atoms with van der Waals surface area (Å²) >= 11 is 1.35. The molecule has 6 heteroatoms. The molecule has 1 amide bonds. The normalized spacial score (nSPS) is 10.3. The van der Waals surface area contributed by atoms with Gasteiger partial charge in [-0.3, -0.25) is 9.59 Å². The number of rotatable bonds is 4. The maximum atomic E-state index is 11.5. The first-order valence-electron chi connectivity index (χ1n) is 6.14. The molecule has 2 aromatic rings. The van der Waals surface area contributed by atoms with E-state index in [0.717, 1.165) is 10.1 Å². The van der Waals surface area contributed by atoms with Crippen molar-refractivity contribution in [2.24, 2.45) is 0 Å². The van der Waals surface area contributed by atoms with Gasteiger partial charge in [0.1, 0.15) is 10.8 Å². The van der Waals surface area contributed by atoms with Gasteiger partial charge in [0, 0.05) is 23.4 Å². The van der Waals surface area contributed by atoms with E-state index in [9.17, 15) is 9.59 Å². The molecule has 0 bridgehead atoms.